The summed E-state index contributed by atoms with van der Waals surface area (Å²) in [5, 5.41) is 6.66. The van der Waals surface area contributed by atoms with Crippen LogP contribution in [0.25, 0.3) is 0 Å². The Bertz CT molecular complexity index is 657. The molecule has 1 amide bonds. The topological polar surface area (TPSA) is 44.4 Å². The van der Waals surface area contributed by atoms with Crippen LogP contribution in [0.3, 0.4) is 0 Å². The Morgan fingerprint density at radius 3 is 2.45 bits per heavy atom. The Morgan fingerprint density at radius 1 is 1.10 bits per heavy atom. The van der Waals surface area contributed by atoms with Crippen molar-refractivity contribution in [2.75, 3.05) is 20.1 Å². The molecule has 6 heteroatoms. The fourth-order valence-electron chi connectivity index (χ4n) is 5.30. The zero-order valence-electron chi connectivity index (χ0n) is 17.6. The molecular formula is C23H37Cl2N3O. The van der Waals surface area contributed by atoms with Gasteiger partial charge in [0.2, 0.25) is 5.91 Å². The van der Waals surface area contributed by atoms with Gasteiger partial charge in [-0.3, -0.25) is 9.69 Å². The summed E-state index contributed by atoms with van der Waals surface area (Å²) in [5.74, 6) is 0.518. The Hall–Kier alpha value is -0.810. The highest BCUT2D eigenvalue weighted by Crippen LogP contribution is 2.58. The molecule has 2 aliphatic carbocycles. The van der Waals surface area contributed by atoms with Crippen LogP contribution in [0.4, 0.5) is 0 Å². The monoisotopic (exact) mass is 441 g/mol. The smallest absolute Gasteiger partial charge is 0.223 e. The molecule has 2 N–H and O–H groups in total. The van der Waals surface area contributed by atoms with E-state index in [2.05, 4.69) is 46.8 Å². The second-order valence-electron chi connectivity index (χ2n) is 9.06. The maximum absolute atomic E-state index is 12.7. The van der Waals surface area contributed by atoms with Gasteiger partial charge in [0, 0.05) is 25.0 Å². The van der Waals surface area contributed by atoms with E-state index in [4.69, 9.17) is 0 Å². The fourth-order valence-corrected chi connectivity index (χ4v) is 5.30. The lowest BCUT2D eigenvalue weighted by Gasteiger charge is -2.31. The lowest BCUT2D eigenvalue weighted by atomic mass is 9.91. The Balaban J connectivity index is 0.00000150. The van der Waals surface area contributed by atoms with E-state index in [-0.39, 0.29) is 36.6 Å². The molecule has 1 unspecified atom stereocenters. The van der Waals surface area contributed by atoms with Crippen molar-refractivity contribution < 1.29 is 4.79 Å². The third-order valence-electron chi connectivity index (χ3n) is 7.29. The maximum atomic E-state index is 12.7. The molecule has 3 aliphatic rings. The van der Waals surface area contributed by atoms with Gasteiger partial charge in [-0.25, -0.2) is 0 Å². The van der Waals surface area contributed by atoms with E-state index in [1.165, 1.54) is 43.2 Å². The van der Waals surface area contributed by atoms with Crippen molar-refractivity contribution in [3.05, 3.63) is 35.4 Å². The zero-order valence-corrected chi connectivity index (χ0v) is 19.3. The van der Waals surface area contributed by atoms with Gasteiger partial charge in [0.05, 0.1) is 0 Å². The second-order valence-corrected chi connectivity index (χ2v) is 9.06. The van der Waals surface area contributed by atoms with Gasteiger partial charge in [-0.1, -0.05) is 43.5 Å². The van der Waals surface area contributed by atoms with Crippen molar-refractivity contribution in [2.45, 2.75) is 70.5 Å². The number of benzene rings is 1. The van der Waals surface area contributed by atoms with Gasteiger partial charge < -0.3 is 10.6 Å². The number of hydrogen-bond donors (Lipinski definition) is 2. The van der Waals surface area contributed by atoms with E-state index in [1.54, 1.807) is 0 Å². The van der Waals surface area contributed by atoms with Gasteiger partial charge in [-0.15, -0.1) is 24.8 Å². The quantitative estimate of drug-likeness (QED) is 0.691. The molecule has 1 aromatic carbocycles. The van der Waals surface area contributed by atoms with Gasteiger partial charge in [-0.2, -0.15) is 0 Å². The minimum atomic E-state index is 0. The molecule has 29 heavy (non-hydrogen) atoms. The molecule has 0 aromatic heterocycles. The maximum Gasteiger partial charge on any atom is 0.223 e. The van der Waals surface area contributed by atoms with Gasteiger partial charge in [0.1, 0.15) is 0 Å². The highest BCUT2D eigenvalue weighted by Gasteiger charge is 2.57. The molecule has 1 heterocycles. The molecule has 164 valence electrons. The minimum absolute atomic E-state index is 0. The summed E-state index contributed by atoms with van der Waals surface area (Å²) in [6, 6.07) is 9.34. The molecule has 0 radical (unpaired) electrons. The molecule has 4 rings (SSSR count). The summed E-state index contributed by atoms with van der Waals surface area (Å²) in [7, 11) is 2.26. The van der Waals surface area contributed by atoms with E-state index < -0.39 is 0 Å². The third-order valence-corrected chi connectivity index (χ3v) is 7.29. The summed E-state index contributed by atoms with van der Waals surface area (Å²) in [6.45, 7) is 3.79. The van der Waals surface area contributed by atoms with Gasteiger partial charge in [0.15, 0.2) is 0 Å². The van der Waals surface area contributed by atoms with Crippen LogP contribution in [0, 0.1) is 11.3 Å². The summed E-state index contributed by atoms with van der Waals surface area (Å²) in [5.41, 5.74) is 2.95. The standard InChI is InChI=1S/C23H35N3O.2ClH/c1-26(20-9-3-2-4-10-20)17-19-8-6-5-7-18(19)16-25-22(27)21-15-23(21)11-13-24-14-12-23;;/h5-8,20-21,24H,2-4,9-17H2,1H3,(H,25,27);2*1H. The first kappa shape index (κ1) is 24.5. The molecule has 3 fully saturated rings. The predicted molar refractivity (Wildman–Crippen MR) is 124 cm³/mol. The molecule has 0 bridgehead atoms. The van der Waals surface area contributed by atoms with Gasteiger partial charge in [-0.05, 0) is 68.8 Å². The van der Waals surface area contributed by atoms with E-state index in [9.17, 15) is 4.79 Å². The van der Waals surface area contributed by atoms with Crippen molar-refractivity contribution >= 4 is 30.7 Å². The fraction of sp³-hybridized carbons (Fsp3) is 0.696. The molecule has 2 saturated carbocycles. The molecule has 1 atom stereocenters. The number of hydrogen-bond acceptors (Lipinski definition) is 3. The number of piperidine rings is 1. The average molecular weight is 442 g/mol. The van der Waals surface area contributed by atoms with E-state index in [1.807, 2.05) is 0 Å². The van der Waals surface area contributed by atoms with Crippen LogP contribution in [0.15, 0.2) is 24.3 Å². The van der Waals surface area contributed by atoms with Crippen molar-refractivity contribution in [3.63, 3.8) is 0 Å². The van der Waals surface area contributed by atoms with E-state index in [0.29, 0.717) is 18.0 Å². The van der Waals surface area contributed by atoms with Crippen molar-refractivity contribution in [3.8, 4) is 0 Å². The molecule has 1 aromatic rings. The van der Waals surface area contributed by atoms with Crippen LogP contribution in [0.5, 0.6) is 0 Å². The Labute approximate surface area is 188 Å². The van der Waals surface area contributed by atoms with Crippen molar-refractivity contribution in [2.24, 2.45) is 11.3 Å². The Kier molecular flexibility index (Phi) is 9.27. The second kappa shape index (κ2) is 11.0. The van der Waals surface area contributed by atoms with Crippen LogP contribution in [-0.4, -0.2) is 37.0 Å². The first-order valence-corrected chi connectivity index (χ1v) is 10.9. The summed E-state index contributed by atoms with van der Waals surface area (Å²) in [4.78, 5) is 15.2. The predicted octanol–water partition coefficient (Wildman–Crippen LogP) is 4.30. The summed E-state index contributed by atoms with van der Waals surface area (Å²) >= 11 is 0. The molecule has 1 aliphatic heterocycles. The van der Waals surface area contributed by atoms with Crippen LogP contribution in [0.1, 0.15) is 62.5 Å². The minimum Gasteiger partial charge on any atom is -0.352 e. The number of rotatable bonds is 6. The number of amides is 1. The van der Waals surface area contributed by atoms with E-state index in [0.717, 1.165) is 38.9 Å². The molecule has 4 nitrogen and oxygen atoms in total. The normalized spacial score (nSPS) is 23.2. The number of nitrogens with zero attached hydrogens (tertiary/aromatic N) is 1. The average Bonchev–Trinajstić information content (AvgIpc) is 3.41. The first-order valence-electron chi connectivity index (χ1n) is 10.9. The SMILES string of the molecule is CN(Cc1ccccc1CNC(=O)C1CC12CCNCC2)C1CCCCC1.Cl.Cl. The summed E-state index contributed by atoms with van der Waals surface area (Å²) in [6.07, 6.45) is 10.2. The highest BCUT2D eigenvalue weighted by molar-refractivity contribution is 5.85. The number of halogens is 2. The van der Waals surface area contributed by atoms with Gasteiger partial charge in [0.25, 0.3) is 0 Å². The third kappa shape index (κ3) is 5.88. The van der Waals surface area contributed by atoms with Crippen LogP contribution in [-0.2, 0) is 17.9 Å². The highest BCUT2D eigenvalue weighted by atomic mass is 35.5. The number of nitrogens with one attached hydrogen (secondary N) is 2. The van der Waals surface area contributed by atoms with Crippen LogP contribution >= 0.6 is 24.8 Å². The van der Waals surface area contributed by atoms with Gasteiger partial charge >= 0.3 is 0 Å². The summed E-state index contributed by atoms with van der Waals surface area (Å²) < 4.78 is 0. The van der Waals surface area contributed by atoms with Crippen molar-refractivity contribution in [1.82, 2.24) is 15.5 Å². The van der Waals surface area contributed by atoms with Crippen LogP contribution < -0.4 is 10.6 Å². The van der Waals surface area contributed by atoms with E-state index >= 15 is 0 Å². The molecule has 1 saturated heterocycles. The number of carbonyl (C=O) groups excluding carboxylic acids is 1. The number of carbonyl (C=O) groups is 1. The largest absolute Gasteiger partial charge is 0.352 e. The lowest BCUT2D eigenvalue weighted by molar-refractivity contribution is -0.123. The Morgan fingerprint density at radius 2 is 1.76 bits per heavy atom. The lowest BCUT2D eigenvalue weighted by Crippen LogP contribution is -2.34. The first-order chi connectivity index (χ1) is 13.2. The molecule has 1 spiro atoms. The van der Waals surface area contributed by atoms with Crippen LogP contribution in [0.2, 0.25) is 0 Å². The van der Waals surface area contributed by atoms with Crippen molar-refractivity contribution in [1.29, 1.82) is 0 Å². The molecular weight excluding hydrogens is 405 g/mol. The zero-order chi connectivity index (χ0) is 18.7.